The van der Waals surface area contributed by atoms with E-state index >= 15 is 0 Å². The van der Waals surface area contributed by atoms with Crippen molar-refractivity contribution < 1.29 is 14.3 Å². The number of esters is 1. The van der Waals surface area contributed by atoms with E-state index < -0.39 is 0 Å². The fourth-order valence-electron chi connectivity index (χ4n) is 2.37. The van der Waals surface area contributed by atoms with Crippen LogP contribution < -0.4 is 0 Å². The number of hydrogen-bond acceptors (Lipinski definition) is 4. The monoisotopic (exact) mass is 273 g/mol. The highest BCUT2D eigenvalue weighted by Crippen LogP contribution is 2.37. The number of rotatable bonds is 1. The Balaban J connectivity index is 2.31. The van der Waals surface area contributed by atoms with Crippen LogP contribution in [-0.4, -0.2) is 42.9 Å². The van der Waals surface area contributed by atoms with Crippen LogP contribution >= 0.6 is 15.9 Å². The molecule has 0 aliphatic carbocycles. The van der Waals surface area contributed by atoms with Gasteiger partial charge in [-0.05, 0) is 35.5 Å². The van der Waals surface area contributed by atoms with Gasteiger partial charge in [-0.15, -0.1) is 0 Å². The van der Waals surface area contributed by atoms with Crippen molar-refractivity contribution in [1.82, 2.24) is 4.90 Å². The normalized spacial score (nSPS) is 35.3. The largest absolute Gasteiger partial charge is 0.469 e. The summed E-state index contributed by atoms with van der Waals surface area (Å²) in [6.45, 7) is 0. The maximum Gasteiger partial charge on any atom is 0.310 e. The standard InChI is InChI=1S/C10H12BrNO3/c1-12-5-3-6(10(14)15-2)8(12)9(13)7(11)4-5/h4-6,8H,3H2,1-2H3/t5-,6+,8+/m0/s1. The third kappa shape index (κ3) is 1.54. The van der Waals surface area contributed by atoms with Gasteiger partial charge in [0.2, 0.25) is 0 Å². The number of carbonyl (C=O) groups is 2. The van der Waals surface area contributed by atoms with E-state index in [4.69, 9.17) is 4.74 Å². The minimum absolute atomic E-state index is 0.0262. The molecule has 82 valence electrons. The lowest BCUT2D eigenvalue weighted by atomic mass is 9.98. The molecule has 4 nitrogen and oxygen atoms in total. The number of ketones is 1. The molecule has 0 amide bonds. The smallest absolute Gasteiger partial charge is 0.310 e. The Hall–Kier alpha value is -0.680. The van der Waals surface area contributed by atoms with Gasteiger partial charge in [-0.2, -0.15) is 0 Å². The molecule has 0 aromatic carbocycles. The molecule has 0 aromatic heterocycles. The lowest BCUT2D eigenvalue weighted by molar-refractivity contribution is -0.147. The summed E-state index contributed by atoms with van der Waals surface area (Å²) < 4.78 is 5.30. The number of likely N-dealkylation sites (N-methyl/N-ethyl adjacent to an activating group) is 1. The fourth-order valence-corrected chi connectivity index (χ4v) is 2.91. The topological polar surface area (TPSA) is 46.6 Å². The van der Waals surface area contributed by atoms with E-state index in [1.54, 1.807) is 0 Å². The average molecular weight is 274 g/mol. The van der Waals surface area contributed by atoms with Crippen molar-refractivity contribution in [2.24, 2.45) is 5.92 Å². The number of ether oxygens (including phenoxy) is 1. The zero-order valence-electron chi connectivity index (χ0n) is 8.57. The molecule has 0 saturated carbocycles. The summed E-state index contributed by atoms with van der Waals surface area (Å²) in [5.74, 6) is -0.649. The van der Waals surface area contributed by atoms with Gasteiger partial charge in [-0.25, -0.2) is 0 Å². The summed E-state index contributed by atoms with van der Waals surface area (Å²) in [4.78, 5) is 25.3. The summed E-state index contributed by atoms with van der Waals surface area (Å²) in [6, 6.07) is -0.201. The van der Waals surface area contributed by atoms with Gasteiger partial charge in [0.1, 0.15) is 0 Å². The van der Waals surface area contributed by atoms with Crippen molar-refractivity contribution >= 4 is 27.7 Å². The van der Waals surface area contributed by atoms with Crippen LogP contribution in [0.15, 0.2) is 10.6 Å². The summed E-state index contributed by atoms with van der Waals surface area (Å²) in [5.41, 5.74) is 0. The van der Waals surface area contributed by atoms with Gasteiger partial charge in [-0.3, -0.25) is 14.5 Å². The van der Waals surface area contributed by atoms with Crippen molar-refractivity contribution in [2.45, 2.75) is 18.5 Å². The first kappa shape index (κ1) is 10.8. The third-order valence-electron chi connectivity index (χ3n) is 3.19. The van der Waals surface area contributed by atoms with Crippen LogP contribution in [0.3, 0.4) is 0 Å². The summed E-state index contributed by atoms with van der Waals surface area (Å²) >= 11 is 3.23. The van der Waals surface area contributed by atoms with Crippen LogP contribution in [0, 0.1) is 5.92 Å². The zero-order chi connectivity index (χ0) is 11.2. The number of carbonyl (C=O) groups excluding carboxylic acids is 2. The molecular formula is C10H12BrNO3. The van der Waals surface area contributed by atoms with Crippen LogP contribution in [0.4, 0.5) is 0 Å². The number of fused-ring (bicyclic) bond motifs is 2. The Morgan fingerprint density at radius 1 is 1.67 bits per heavy atom. The molecule has 0 N–H and O–H groups in total. The predicted molar refractivity (Wildman–Crippen MR) is 57.5 cm³/mol. The highest BCUT2D eigenvalue weighted by molar-refractivity contribution is 9.12. The second-order valence-electron chi connectivity index (χ2n) is 3.92. The summed E-state index contributed by atoms with van der Waals surface area (Å²) in [6.07, 6.45) is 2.52. The molecule has 15 heavy (non-hydrogen) atoms. The summed E-state index contributed by atoms with van der Waals surface area (Å²) in [5, 5.41) is 0. The number of methoxy groups -OCH3 is 1. The van der Waals surface area contributed by atoms with Crippen molar-refractivity contribution in [3.05, 3.63) is 10.6 Å². The Bertz CT molecular complexity index is 353. The van der Waals surface area contributed by atoms with E-state index in [1.165, 1.54) is 7.11 Å². The minimum atomic E-state index is -0.359. The van der Waals surface area contributed by atoms with E-state index in [0.29, 0.717) is 10.9 Å². The van der Waals surface area contributed by atoms with Crippen LogP contribution in [0.1, 0.15) is 6.42 Å². The minimum Gasteiger partial charge on any atom is -0.469 e. The van der Waals surface area contributed by atoms with Crippen molar-refractivity contribution in [2.75, 3.05) is 14.2 Å². The van der Waals surface area contributed by atoms with Gasteiger partial charge in [0.25, 0.3) is 0 Å². The third-order valence-corrected chi connectivity index (χ3v) is 3.84. The maximum absolute atomic E-state index is 11.9. The molecule has 2 aliphatic heterocycles. The molecule has 2 rings (SSSR count). The van der Waals surface area contributed by atoms with E-state index in [9.17, 15) is 9.59 Å². The van der Waals surface area contributed by atoms with E-state index in [-0.39, 0.29) is 29.8 Å². The second-order valence-corrected chi connectivity index (χ2v) is 4.78. The van der Waals surface area contributed by atoms with Gasteiger partial charge in [0.15, 0.2) is 5.78 Å². The predicted octanol–water partition coefficient (Wildman–Crippen LogP) is 0.710. The van der Waals surface area contributed by atoms with Gasteiger partial charge < -0.3 is 4.74 Å². The molecule has 2 aliphatic rings. The Morgan fingerprint density at radius 3 is 2.93 bits per heavy atom. The average Bonchev–Trinajstić information content (AvgIpc) is 2.46. The Morgan fingerprint density at radius 2 is 2.33 bits per heavy atom. The number of nitrogens with zero attached hydrogens (tertiary/aromatic N) is 1. The van der Waals surface area contributed by atoms with Gasteiger partial charge in [0, 0.05) is 6.04 Å². The Kier molecular flexibility index (Phi) is 2.68. The molecule has 5 heteroatoms. The van der Waals surface area contributed by atoms with Crippen molar-refractivity contribution in [3.63, 3.8) is 0 Å². The first-order valence-corrected chi connectivity index (χ1v) is 5.57. The van der Waals surface area contributed by atoms with E-state index in [2.05, 4.69) is 15.9 Å². The van der Waals surface area contributed by atoms with Crippen LogP contribution in [-0.2, 0) is 14.3 Å². The SMILES string of the molecule is COC(=O)[C@@H]1C[C@H]2C=C(Br)C(=O)[C@@H]1N2C. The molecule has 1 saturated heterocycles. The van der Waals surface area contributed by atoms with Gasteiger partial charge in [-0.1, -0.05) is 0 Å². The molecule has 0 spiro atoms. The van der Waals surface area contributed by atoms with E-state index in [0.717, 1.165) is 0 Å². The highest BCUT2D eigenvalue weighted by Gasteiger charge is 2.49. The lowest BCUT2D eigenvalue weighted by Crippen LogP contribution is -2.44. The fraction of sp³-hybridized carbons (Fsp3) is 0.600. The number of halogens is 1. The van der Waals surface area contributed by atoms with Gasteiger partial charge >= 0.3 is 5.97 Å². The second kappa shape index (κ2) is 3.72. The van der Waals surface area contributed by atoms with Crippen LogP contribution in [0.25, 0.3) is 0 Å². The maximum atomic E-state index is 11.9. The zero-order valence-corrected chi connectivity index (χ0v) is 10.2. The first-order chi connectivity index (χ1) is 7.06. The summed E-state index contributed by atoms with van der Waals surface area (Å²) in [7, 11) is 3.23. The molecule has 3 atom stereocenters. The molecular weight excluding hydrogens is 262 g/mol. The van der Waals surface area contributed by atoms with E-state index in [1.807, 2.05) is 18.0 Å². The first-order valence-electron chi connectivity index (χ1n) is 4.77. The molecule has 0 aromatic rings. The molecule has 2 bridgehead atoms. The van der Waals surface area contributed by atoms with Gasteiger partial charge in [0.05, 0.1) is 23.6 Å². The Labute approximate surface area is 96.4 Å². The molecule has 0 radical (unpaired) electrons. The molecule has 0 unspecified atom stereocenters. The van der Waals surface area contributed by atoms with Crippen molar-refractivity contribution in [3.8, 4) is 0 Å². The lowest BCUT2D eigenvalue weighted by Gasteiger charge is -2.28. The molecule has 2 heterocycles. The number of hydrogen-bond donors (Lipinski definition) is 0. The van der Waals surface area contributed by atoms with Crippen LogP contribution in [0.2, 0.25) is 0 Å². The quantitative estimate of drug-likeness (QED) is 0.661. The number of Topliss-reactive ketones (excluding diaryl/α,β-unsaturated/α-hetero) is 1. The van der Waals surface area contributed by atoms with Crippen molar-refractivity contribution in [1.29, 1.82) is 0 Å². The molecule has 1 fully saturated rings. The van der Waals surface area contributed by atoms with Crippen LogP contribution in [0.5, 0.6) is 0 Å². The highest BCUT2D eigenvalue weighted by atomic mass is 79.9.